The second kappa shape index (κ2) is 6.24. The van der Waals surface area contributed by atoms with E-state index in [0.29, 0.717) is 23.0 Å². The number of fused-ring (bicyclic) bond motifs is 2. The van der Waals surface area contributed by atoms with Gasteiger partial charge >= 0.3 is 0 Å². The maximum absolute atomic E-state index is 13.2. The number of benzene rings is 2. The fourth-order valence-corrected chi connectivity index (χ4v) is 3.54. The number of nitrogens with zero attached hydrogens (tertiary/aromatic N) is 1. The Morgan fingerprint density at radius 2 is 1.96 bits per heavy atom. The Hall–Kier alpha value is -2.40. The Balaban J connectivity index is 1.39. The van der Waals surface area contributed by atoms with E-state index in [0.717, 1.165) is 19.6 Å². The van der Waals surface area contributed by atoms with Gasteiger partial charge in [0.15, 0.2) is 0 Å². The van der Waals surface area contributed by atoms with E-state index in [-0.39, 0.29) is 17.8 Å². The first-order chi connectivity index (χ1) is 11.7. The zero-order chi connectivity index (χ0) is 16.5. The molecule has 2 unspecified atom stereocenters. The van der Waals surface area contributed by atoms with Crippen LogP contribution in [0.1, 0.15) is 16.8 Å². The first kappa shape index (κ1) is 15.1. The highest BCUT2D eigenvalue weighted by Gasteiger charge is 2.38. The van der Waals surface area contributed by atoms with E-state index < -0.39 is 0 Å². The summed E-state index contributed by atoms with van der Waals surface area (Å²) in [5.41, 5.74) is 0.611. The number of hydrogen-bond donors (Lipinski definition) is 1. The van der Waals surface area contributed by atoms with Crippen molar-refractivity contribution in [2.75, 3.05) is 19.6 Å². The van der Waals surface area contributed by atoms with Gasteiger partial charge in [-0.25, -0.2) is 4.39 Å². The molecule has 2 bridgehead atoms. The molecule has 0 aliphatic carbocycles. The van der Waals surface area contributed by atoms with Crippen molar-refractivity contribution in [2.24, 2.45) is 5.92 Å². The predicted molar refractivity (Wildman–Crippen MR) is 88.7 cm³/mol. The van der Waals surface area contributed by atoms with E-state index in [2.05, 4.69) is 10.2 Å². The summed E-state index contributed by atoms with van der Waals surface area (Å²) in [4.78, 5) is 14.8. The Morgan fingerprint density at radius 1 is 1.12 bits per heavy atom. The van der Waals surface area contributed by atoms with Crippen LogP contribution in [0.5, 0.6) is 11.5 Å². The highest BCUT2D eigenvalue weighted by molar-refractivity contribution is 5.94. The predicted octanol–water partition coefficient (Wildman–Crippen LogP) is 3.05. The number of hydrogen-bond acceptors (Lipinski definition) is 3. The number of piperidine rings is 1. The maximum Gasteiger partial charge on any atom is 0.251 e. The number of rotatable bonds is 4. The van der Waals surface area contributed by atoms with E-state index in [1.54, 1.807) is 36.4 Å². The largest absolute Gasteiger partial charge is 0.457 e. The van der Waals surface area contributed by atoms with Crippen molar-refractivity contribution in [1.82, 2.24) is 10.2 Å². The lowest BCUT2D eigenvalue weighted by atomic mass is 9.99. The molecular weight excluding hydrogens is 307 g/mol. The van der Waals surface area contributed by atoms with Gasteiger partial charge in [-0.2, -0.15) is 0 Å². The molecule has 0 radical (unpaired) electrons. The smallest absolute Gasteiger partial charge is 0.251 e. The third kappa shape index (κ3) is 3.12. The average Bonchev–Trinajstić information content (AvgIpc) is 3.18. The highest BCUT2D eigenvalue weighted by Crippen LogP contribution is 2.28. The lowest BCUT2D eigenvalue weighted by molar-refractivity contribution is 0.0924. The molecule has 2 saturated heterocycles. The quantitative estimate of drug-likeness (QED) is 0.939. The van der Waals surface area contributed by atoms with E-state index in [1.165, 1.54) is 18.6 Å². The van der Waals surface area contributed by atoms with Crippen molar-refractivity contribution < 1.29 is 13.9 Å². The lowest BCUT2D eigenvalue weighted by Gasteiger charge is -2.23. The lowest BCUT2D eigenvalue weighted by Crippen LogP contribution is -2.43. The molecule has 2 fully saturated rings. The number of halogens is 1. The number of carbonyl (C=O) groups excluding carboxylic acids is 1. The van der Waals surface area contributed by atoms with Gasteiger partial charge in [0.05, 0.1) is 0 Å². The Morgan fingerprint density at radius 3 is 2.62 bits per heavy atom. The number of amides is 1. The summed E-state index contributed by atoms with van der Waals surface area (Å²) < 4.78 is 18.8. The summed E-state index contributed by atoms with van der Waals surface area (Å²) in [6.45, 7) is 3.21. The van der Waals surface area contributed by atoms with Crippen molar-refractivity contribution in [3.8, 4) is 11.5 Å². The first-order valence-corrected chi connectivity index (χ1v) is 8.24. The van der Waals surface area contributed by atoms with E-state index in [1.807, 2.05) is 0 Å². The summed E-state index contributed by atoms with van der Waals surface area (Å²) in [6, 6.07) is 13.2. The topological polar surface area (TPSA) is 41.6 Å². The first-order valence-electron chi connectivity index (χ1n) is 8.24. The molecule has 0 saturated carbocycles. The molecule has 1 amide bonds. The minimum atomic E-state index is -0.343. The molecule has 5 heteroatoms. The van der Waals surface area contributed by atoms with Crippen molar-refractivity contribution in [2.45, 2.75) is 12.5 Å². The monoisotopic (exact) mass is 326 g/mol. The molecule has 0 aromatic heterocycles. The molecule has 1 N–H and O–H groups in total. The second-order valence-corrected chi connectivity index (χ2v) is 6.47. The summed E-state index contributed by atoms with van der Waals surface area (Å²) in [6.07, 6.45) is 1.17. The molecule has 2 aromatic carbocycles. The van der Waals surface area contributed by atoms with Crippen LogP contribution >= 0.6 is 0 Å². The third-order valence-electron chi connectivity index (χ3n) is 4.80. The van der Waals surface area contributed by atoms with Crippen molar-refractivity contribution in [1.29, 1.82) is 0 Å². The Kier molecular flexibility index (Phi) is 3.94. The molecule has 4 rings (SSSR count). The molecule has 2 aromatic rings. The van der Waals surface area contributed by atoms with Crippen LogP contribution < -0.4 is 10.1 Å². The minimum absolute atomic E-state index is 0.0499. The summed E-state index contributed by atoms with van der Waals surface area (Å²) in [5.74, 6) is 1.20. The standard InChI is InChI=1S/C19H19FN2O2/c20-15-2-1-3-17(10-15)24-16-6-4-13(5-7-16)19(23)21-18-12-22-9-8-14(18)11-22/h1-7,10,14,18H,8-9,11-12H2,(H,21,23)/t14-,18?/m0/s1. The molecule has 2 aliphatic rings. The zero-order valence-electron chi connectivity index (χ0n) is 13.2. The highest BCUT2D eigenvalue weighted by atomic mass is 19.1. The van der Waals surface area contributed by atoms with Crippen molar-refractivity contribution in [3.05, 3.63) is 59.9 Å². The average molecular weight is 326 g/mol. The van der Waals surface area contributed by atoms with Crippen LogP contribution in [0.4, 0.5) is 4.39 Å². The van der Waals surface area contributed by atoms with Gasteiger partial charge in [0.25, 0.3) is 5.91 Å². The van der Waals surface area contributed by atoms with Crippen LogP contribution in [0, 0.1) is 11.7 Å². The van der Waals surface area contributed by atoms with Crippen LogP contribution in [0.25, 0.3) is 0 Å². The third-order valence-corrected chi connectivity index (χ3v) is 4.80. The molecule has 2 aliphatic heterocycles. The van der Waals surface area contributed by atoms with Crippen LogP contribution in [0.3, 0.4) is 0 Å². The van der Waals surface area contributed by atoms with Gasteiger partial charge in [-0.3, -0.25) is 4.79 Å². The molecule has 24 heavy (non-hydrogen) atoms. The van der Waals surface area contributed by atoms with E-state index >= 15 is 0 Å². The van der Waals surface area contributed by atoms with Gasteiger partial charge in [0, 0.05) is 30.8 Å². The molecule has 2 heterocycles. The molecule has 4 nitrogen and oxygen atoms in total. The fourth-order valence-electron chi connectivity index (χ4n) is 3.54. The second-order valence-electron chi connectivity index (χ2n) is 6.47. The summed E-state index contributed by atoms with van der Waals surface area (Å²) >= 11 is 0. The van der Waals surface area contributed by atoms with Crippen molar-refractivity contribution >= 4 is 5.91 Å². The van der Waals surface area contributed by atoms with Gasteiger partial charge in [-0.05, 0) is 55.3 Å². The normalized spacial score (nSPS) is 24.8. The van der Waals surface area contributed by atoms with Crippen LogP contribution in [-0.2, 0) is 0 Å². The van der Waals surface area contributed by atoms with Gasteiger partial charge in [0.2, 0.25) is 0 Å². The van der Waals surface area contributed by atoms with E-state index in [4.69, 9.17) is 4.74 Å². The summed E-state index contributed by atoms with van der Waals surface area (Å²) in [7, 11) is 0. The fraction of sp³-hybridized carbons (Fsp3) is 0.316. The van der Waals surface area contributed by atoms with Gasteiger partial charge < -0.3 is 15.0 Å². The number of nitrogens with one attached hydrogen (secondary N) is 1. The van der Waals surface area contributed by atoms with Crippen LogP contribution in [-0.4, -0.2) is 36.5 Å². The maximum atomic E-state index is 13.2. The Bertz CT molecular complexity index is 747. The Labute approximate surface area is 140 Å². The van der Waals surface area contributed by atoms with E-state index in [9.17, 15) is 9.18 Å². The minimum Gasteiger partial charge on any atom is -0.457 e. The van der Waals surface area contributed by atoms with Gasteiger partial charge in [0.1, 0.15) is 17.3 Å². The van der Waals surface area contributed by atoms with Crippen LogP contribution in [0.15, 0.2) is 48.5 Å². The molecule has 3 atom stereocenters. The molecule has 124 valence electrons. The summed E-state index contributed by atoms with van der Waals surface area (Å²) in [5, 5.41) is 3.13. The SMILES string of the molecule is O=C(NC1CN2CC[C@H]1C2)c1ccc(Oc2cccc(F)c2)cc1. The zero-order valence-corrected chi connectivity index (χ0v) is 13.2. The molecule has 0 spiro atoms. The number of carbonyl (C=O) groups is 1. The van der Waals surface area contributed by atoms with Gasteiger partial charge in [-0.1, -0.05) is 6.07 Å². The van der Waals surface area contributed by atoms with Crippen LogP contribution in [0.2, 0.25) is 0 Å². The number of ether oxygens (including phenoxy) is 1. The van der Waals surface area contributed by atoms with Gasteiger partial charge in [-0.15, -0.1) is 0 Å². The molecular formula is C19H19FN2O2. The van der Waals surface area contributed by atoms with Crippen molar-refractivity contribution in [3.63, 3.8) is 0 Å².